The fourth-order valence-corrected chi connectivity index (χ4v) is 11.9. The molecular formula is C82H81Cl6F3N6O8S. The van der Waals surface area contributed by atoms with Gasteiger partial charge in [0.1, 0.15) is 28.5 Å². The first-order valence-electron chi connectivity index (χ1n) is 32.8. The number of aromatic amines is 4. The number of aryl methyl sites for hydroxylation is 1. The van der Waals surface area contributed by atoms with Crippen molar-refractivity contribution in [2.45, 2.75) is 66.5 Å². The van der Waals surface area contributed by atoms with Crippen molar-refractivity contribution in [2.24, 2.45) is 10.8 Å². The molecule has 0 bridgehead atoms. The highest BCUT2D eigenvalue weighted by molar-refractivity contribution is 7.94. The number of nitrogens with one attached hydrogen (secondary N) is 4. The molecule has 0 radical (unpaired) electrons. The molecule has 4 aromatic heterocycles. The number of nitrogens with zero attached hydrogens (tertiary/aromatic N) is 2. The van der Waals surface area contributed by atoms with Crippen LogP contribution in [0.15, 0.2) is 230 Å². The van der Waals surface area contributed by atoms with Crippen LogP contribution < -0.4 is 0 Å². The average Bonchev–Trinajstić information content (AvgIpc) is 1.64. The zero-order chi connectivity index (χ0) is 78.3. The van der Waals surface area contributed by atoms with Crippen LogP contribution in [0.1, 0.15) is 113 Å². The van der Waals surface area contributed by atoms with Crippen LogP contribution in [0.3, 0.4) is 0 Å². The minimum atomic E-state index is -4.57. The zero-order valence-electron chi connectivity index (χ0n) is 59.8. The van der Waals surface area contributed by atoms with Gasteiger partial charge in [-0.15, -0.1) is 0 Å². The van der Waals surface area contributed by atoms with Gasteiger partial charge in [-0.25, -0.2) is 18.0 Å². The molecule has 0 saturated heterocycles. The maximum atomic E-state index is 13.1. The molecule has 4 heterocycles. The Morgan fingerprint density at radius 1 is 0.491 bits per heavy atom. The maximum absolute atomic E-state index is 13.1. The SMILES string of the molecule is C=Cc1ccc(Cl)cc1.CCOC(=O)c1[nH]ccc1-c1ccc(Cl)cc1.CN(CC(C)(C)C)C(=O)c1[nH]c(C(F)(F)F)cc1-c1ccc(Cl)cc1.CN(CC(C)(C)C)C(=O)c1[nH]ccc1-c1ccc(Cl)cc1.Cc1ccc(S(=O)(=O)/C=C/c2ccc(Cl)cc2)cc1.O=C(O)c1[nH]ccc1-c1ccc(Cl)cc1. The van der Waals surface area contributed by atoms with Gasteiger partial charge in [0, 0.05) is 104 Å². The number of benzene rings is 7. The van der Waals surface area contributed by atoms with Crippen LogP contribution in [0, 0.1) is 17.8 Å². The summed E-state index contributed by atoms with van der Waals surface area (Å²) < 4.78 is 68.5. The number of halogens is 9. The van der Waals surface area contributed by atoms with Crippen molar-refractivity contribution < 1.29 is 50.6 Å². The molecule has 14 nitrogen and oxygen atoms in total. The lowest BCUT2D eigenvalue weighted by molar-refractivity contribution is -0.140. The first-order chi connectivity index (χ1) is 49.9. The van der Waals surface area contributed by atoms with Crippen LogP contribution in [-0.4, -0.2) is 101 Å². The smallest absolute Gasteiger partial charge is 0.431 e. The van der Waals surface area contributed by atoms with Crippen molar-refractivity contribution in [2.75, 3.05) is 33.8 Å². The Bertz CT molecular complexity index is 4830. The number of amides is 2. The van der Waals surface area contributed by atoms with E-state index in [4.69, 9.17) is 79.4 Å². The summed E-state index contributed by atoms with van der Waals surface area (Å²) in [6.45, 7) is 21.0. The topological polar surface area (TPSA) is 202 Å². The van der Waals surface area contributed by atoms with E-state index in [0.717, 1.165) is 55.6 Å². The highest BCUT2D eigenvalue weighted by Crippen LogP contribution is 2.36. The molecule has 24 heteroatoms. The number of carbonyl (C=O) groups is 4. The van der Waals surface area contributed by atoms with E-state index in [0.29, 0.717) is 72.2 Å². The van der Waals surface area contributed by atoms with E-state index in [-0.39, 0.29) is 39.7 Å². The number of hydrogen-bond donors (Lipinski definition) is 5. The van der Waals surface area contributed by atoms with Gasteiger partial charge in [0.25, 0.3) is 11.8 Å². The van der Waals surface area contributed by atoms with Gasteiger partial charge in [-0.3, -0.25) is 9.59 Å². The predicted molar refractivity (Wildman–Crippen MR) is 426 cm³/mol. The third kappa shape index (κ3) is 26.8. The molecular weight excluding hydrogens is 1500 g/mol. The number of aromatic carboxylic acids is 1. The Hall–Kier alpha value is -9.50. The summed E-state index contributed by atoms with van der Waals surface area (Å²) in [5.74, 6) is -1.80. The molecule has 0 fully saturated rings. The lowest BCUT2D eigenvalue weighted by Gasteiger charge is -2.26. The van der Waals surface area contributed by atoms with Crippen molar-refractivity contribution in [1.29, 1.82) is 0 Å². The Labute approximate surface area is 646 Å². The third-order valence-electron chi connectivity index (χ3n) is 15.0. The normalized spacial score (nSPS) is 11.2. The van der Waals surface area contributed by atoms with E-state index in [1.807, 2.05) is 108 Å². The first kappa shape index (κ1) is 85.4. The molecule has 0 unspecified atom stereocenters. The molecule has 0 saturated carbocycles. The van der Waals surface area contributed by atoms with Crippen molar-refractivity contribution in [3.8, 4) is 44.5 Å². The first-order valence-corrected chi connectivity index (χ1v) is 36.6. The summed E-state index contributed by atoms with van der Waals surface area (Å²) in [6, 6.07) is 55.9. The minimum Gasteiger partial charge on any atom is -0.477 e. The number of carboxylic acids is 1. The summed E-state index contributed by atoms with van der Waals surface area (Å²) in [5.41, 5.74) is 8.86. The van der Waals surface area contributed by atoms with Gasteiger partial charge >= 0.3 is 18.1 Å². The second-order valence-electron chi connectivity index (χ2n) is 26.2. The van der Waals surface area contributed by atoms with Gasteiger partial charge in [-0.2, -0.15) is 13.2 Å². The lowest BCUT2D eigenvalue weighted by Crippen LogP contribution is -2.35. The Balaban J connectivity index is 0.000000203. The molecule has 5 N–H and O–H groups in total. The molecule has 0 spiro atoms. The van der Waals surface area contributed by atoms with E-state index < -0.39 is 33.6 Å². The molecule has 0 atom stereocenters. The number of ether oxygens (including phenoxy) is 1. The zero-order valence-corrected chi connectivity index (χ0v) is 65.1. The summed E-state index contributed by atoms with van der Waals surface area (Å²) in [6.07, 6.45) is 3.90. The molecule has 0 aliphatic rings. The van der Waals surface area contributed by atoms with E-state index >= 15 is 0 Å². The number of rotatable bonds is 15. The van der Waals surface area contributed by atoms with E-state index in [9.17, 15) is 40.8 Å². The van der Waals surface area contributed by atoms with Crippen LogP contribution in [-0.2, 0) is 20.8 Å². The standard InChI is InChI=1S/C18H20ClF3N2O.C17H21ClN2O.C15H13ClO2S.C13H12ClNO2.C11H8ClNO2.C8H7Cl/c1-17(2,3)10-24(4)16(25)15-13(9-14(23-15)18(20,21)22)11-5-7-12(19)8-6-11;1-17(2,3)11-20(4)16(21)15-14(9-10-19-15)12-5-7-13(18)8-6-12;1-12-2-8-15(9-3-12)19(17,18)11-10-13-4-6-14(16)7-5-13;1-2-17-13(16)12-11(7-8-15-12)9-3-5-10(14)6-4-9;12-8-3-1-7(2-4-8)9-5-6-13-10(9)11(14)15;1-2-7-3-5-8(9)6-4-7/h5-9,23H,10H2,1-4H3;5-10,19H,11H2,1-4H3;2-11H,1H3;3-8,15H,2H2,1H3;1-6,13H,(H,14,15);2-6H,1H2/b;;11-10+;;;. The summed E-state index contributed by atoms with van der Waals surface area (Å²) in [4.78, 5) is 62.3. The summed E-state index contributed by atoms with van der Waals surface area (Å²) >= 11 is 34.7. The van der Waals surface area contributed by atoms with E-state index in [2.05, 4.69) is 47.3 Å². The Morgan fingerprint density at radius 3 is 1.20 bits per heavy atom. The third-order valence-corrected chi connectivity index (χ3v) is 17.9. The van der Waals surface area contributed by atoms with Crippen molar-refractivity contribution in [1.82, 2.24) is 29.7 Å². The number of carbonyl (C=O) groups excluding carboxylic acids is 3. The van der Waals surface area contributed by atoms with Gasteiger partial charge in [0.05, 0.1) is 11.5 Å². The lowest BCUT2D eigenvalue weighted by atomic mass is 9.96. The number of sulfone groups is 1. The Morgan fingerprint density at radius 2 is 0.830 bits per heavy atom. The molecule has 106 heavy (non-hydrogen) atoms. The maximum Gasteiger partial charge on any atom is 0.431 e. The number of alkyl halides is 3. The largest absolute Gasteiger partial charge is 0.477 e. The molecule has 11 aromatic rings. The van der Waals surface area contributed by atoms with E-state index in [1.54, 1.807) is 165 Å². The van der Waals surface area contributed by atoms with Gasteiger partial charge in [0.2, 0.25) is 0 Å². The van der Waals surface area contributed by atoms with Gasteiger partial charge in [-0.1, -0.05) is 214 Å². The molecule has 0 aliphatic heterocycles. The van der Waals surface area contributed by atoms with Crippen LogP contribution in [0.4, 0.5) is 13.2 Å². The summed E-state index contributed by atoms with van der Waals surface area (Å²) in [7, 11) is 0.0112. The fourth-order valence-electron chi connectivity index (χ4n) is 10.2. The Kier molecular flexibility index (Phi) is 31.6. The van der Waals surface area contributed by atoms with Crippen molar-refractivity contribution in [3.05, 3.63) is 300 Å². The van der Waals surface area contributed by atoms with Gasteiger partial charge in [0.15, 0.2) is 9.84 Å². The van der Waals surface area contributed by atoms with Crippen molar-refractivity contribution >= 4 is 115 Å². The average molecular weight is 1580 g/mol. The molecule has 7 aromatic carbocycles. The highest BCUT2D eigenvalue weighted by atomic mass is 35.5. The number of esters is 1. The van der Waals surface area contributed by atoms with Crippen LogP contribution in [0.2, 0.25) is 30.1 Å². The number of carboxylic acid groups (broad SMARTS) is 1. The fraction of sp³-hybridized carbons (Fsp3) is 0.195. The van der Waals surface area contributed by atoms with Crippen molar-refractivity contribution in [3.63, 3.8) is 0 Å². The minimum absolute atomic E-state index is 0.000116. The molecule has 11 rings (SSSR count). The van der Waals surface area contributed by atoms with E-state index in [1.165, 1.54) is 10.3 Å². The highest BCUT2D eigenvalue weighted by Gasteiger charge is 2.36. The quantitative estimate of drug-likeness (QED) is 0.0624. The van der Waals surface area contributed by atoms with Gasteiger partial charge < -0.3 is 39.6 Å². The van der Waals surface area contributed by atoms with Crippen LogP contribution >= 0.6 is 69.6 Å². The van der Waals surface area contributed by atoms with Crippen LogP contribution in [0.5, 0.6) is 0 Å². The summed E-state index contributed by atoms with van der Waals surface area (Å²) in [5, 5.41) is 14.0. The van der Waals surface area contributed by atoms with Crippen LogP contribution in [0.25, 0.3) is 56.7 Å². The second kappa shape index (κ2) is 39.2. The van der Waals surface area contributed by atoms with Gasteiger partial charge in [-0.05, 0) is 173 Å². The number of H-pyrrole nitrogens is 4. The molecule has 0 aliphatic carbocycles. The number of hydrogen-bond acceptors (Lipinski definition) is 7. The predicted octanol–water partition coefficient (Wildman–Crippen LogP) is 23.5. The molecule has 556 valence electrons. The monoisotopic (exact) mass is 1580 g/mol. The second-order valence-corrected chi connectivity index (χ2v) is 30.7. The molecule has 2 amide bonds. The number of aromatic nitrogens is 4.